The summed E-state index contributed by atoms with van der Waals surface area (Å²) in [7, 11) is 0. The lowest BCUT2D eigenvalue weighted by Gasteiger charge is -2.07. The molecule has 2 rings (SSSR count). The Labute approximate surface area is 121 Å². The maximum Gasteiger partial charge on any atom is 0.354 e. The third-order valence-electron chi connectivity index (χ3n) is 2.59. The molecule has 0 atom stereocenters. The van der Waals surface area contributed by atoms with Gasteiger partial charge in [0.25, 0.3) is 0 Å². The largest absolute Gasteiger partial charge is 0.487 e. The quantitative estimate of drug-likeness (QED) is 0.880. The Balaban J connectivity index is 1.98. The van der Waals surface area contributed by atoms with E-state index in [1.807, 2.05) is 0 Å². The molecule has 1 heterocycles. The molecule has 0 saturated carbocycles. The molecule has 108 valence electrons. The molecular formula is C15H14N2O4. The van der Waals surface area contributed by atoms with Crippen LogP contribution in [0.5, 0.6) is 5.75 Å². The molecule has 21 heavy (non-hydrogen) atoms. The summed E-state index contributed by atoms with van der Waals surface area (Å²) in [6, 6.07) is 11.6. The van der Waals surface area contributed by atoms with Crippen LogP contribution in [0, 0.1) is 0 Å². The van der Waals surface area contributed by atoms with E-state index in [1.165, 1.54) is 13.0 Å². The van der Waals surface area contributed by atoms with Crippen molar-refractivity contribution in [3.8, 4) is 5.75 Å². The normalized spacial score (nSPS) is 9.95. The molecule has 6 heteroatoms. The summed E-state index contributed by atoms with van der Waals surface area (Å²) in [5, 5.41) is 11.5. The van der Waals surface area contributed by atoms with Gasteiger partial charge in [0, 0.05) is 12.6 Å². The SMILES string of the molecule is CC(=O)Nc1ccc(OCc2cccc(C(=O)O)n2)cc1. The number of carboxylic acids is 1. The highest BCUT2D eigenvalue weighted by Crippen LogP contribution is 2.16. The summed E-state index contributed by atoms with van der Waals surface area (Å²) < 4.78 is 5.52. The maximum absolute atomic E-state index is 10.9. The summed E-state index contributed by atoms with van der Waals surface area (Å²) >= 11 is 0. The van der Waals surface area contributed by atoms with Crippen LogP contribution < -0.4 is 10.1 Å². The number of carbonyl (C=O) groups is 2. The minimum atomic E-state index is -1.07. The summed E-state index contributed by atoms with van der Waals surface area (Å²) in [5.41, 5.74) is 1.19. The molecule has 6 nitrogen and oxygen atoms in total. The molecule has 0 aliphatic heterocycles. The summed E-state index contributed by atoms with van der Waals surface area (Å²) in [6.45, 7) is 1.60. The molecule has 2 N–H and O–H groups in total. The van der Waals surface area contributed by atoms with Crippen LogP contribution in [0.25, 0.3) is 0 Å². The van der Waals surface area contributed by atoms with Gasteiger partial charge in [0.2, 0.25) is 5.91 Å². The minimum Gasteiger partial charge on any atom is -0.487 e. The lowest BCUT2D eigenvalue weighted by molar-refractivity contribution is -0.114. The first-order valence-corrected chi connectivity index (χ1v) is 6.24. The van der Waals surface area contributed by atoms with Crippen molar-refractivity contribution in [3.63, 3.8) is 0 Å². The van der Waals surface area contributed by atoms with E-state index < -0.39 is 5.97 Å². The molecule has 0 aliphatic rings. The van der Waals surface area contributed by atoms with Crippen LogP contribution in [-0.4, -0.2) is 22.0 Å². The first kappa shape index (κ1) is 14.5. The first-order chi connectivity index (χ1) is 10.0. The van der Waals surface area contributed by atoms with Crippen LogP contribution in [-0.2, 0) is 11.4 Å². The number of aromatic carboxylic acids is 1. The molecule has 2 aromatic rings. The molecule has 1 aromatic heterocycles. The number of carboxylic acid groups (broad SMARTS) is 1. The number of ether oxygens (including phenoxy) is 1. The van der Waals surface area contributed by atoms with E-state index >= 15 is 0 Å². The van der Waals surface area contributed by atoms with Gasteiger partial charge in [-0.15, -0.1) is 0 Å². The smallest absolute Gasteiger partial charge is 0.354 e. The van der Waals surface area contributed by atoms with Crippen molar-refractivity contribution in [1.82, 2.24) is 4.98 Å². The Morgan fingerprint density at radius 2 is 1.90 bits per heavy atom. The number of nitrogens with one attached hydrogen (secondary N) is 1. The van der Waals surface area contributed by atoms with Crippen LogP contribution >= 0.6 is 0 Å². The third kappa shape index (κ3) is 4.31. The Morgan fingerprint density at radius 1 is 1.19 bits per heavy atom. The first-order valence-electron chi connectivity index (χ1n) is 6.24. The predicted octanol–water partition coefficient (Wildman–Crippen LogP) is 2.32. The molecule has 0 radical (unpaired) electrons. The number of amides is 1. The van der Waals surface area contributed by atoms with Crippen molar-refractivity contribution in [1.29, 1.82) is 0 Å². The van der Waals surface area contributed by atoms with Crippen LogP contribution in [0.1, 0.15) is 23.1 Å². The second-order valence-electron chi connectivity index (χ2n) is 4.31. The summed E-state index contributed by atoms with van der Waals surface area (Å²) in [5.74, 6) is -0.610. The van der Waals surface area contributed by atoms with Crippen LogP contribution in [0.3, 0.4) is 0 Å². The Bertz CT molecular complexity index is 653. The third-order valence-corrected chi connectivity index (χ3v) is 2.59. The van der Waals surface area contributed by atoms with Crippen LogP contribution in [0.4, 0.5) is 5.69 Å². The summed E-state index contributed by atoms with van der Waals surface area (Å²) in [6.07, 6.45) is 0. The van der Waals surface area contributed by atoms with E-state index in [0.29, 0.717) is 17.1 Å². The fraction of sp³-hybridized carbons (Fsp3) is 0.133. The lowest BCUT2D eigenvalue weighted by Crippen LogP contribution is -2.06. The average molecular weight is 286 g/mol. The van der Waals surface area contributed by atoms with E-state index in [9.17, 15) is 9.59 Å². The number of rotatable bonds is 5. The monoisotopic (exact) mass is 286 g/mol. The zero-order valence-corrected chi connectivity index (χ0v) is 11.4. The fourth-order valence-corrected chi connectivity index (χ4v) is 1.67. The van der Waals surface area contributed by atoms with Crippen molar-refractivity contribution in [2.24, 2.45) is 0 Å². The number of hydrogen-bond acceptors (Lipinski definition) is 4. The standard InChI is InChI=1S/C15H14N2O4/c1-10(18)16-11-5-7-13(8-6-11)21-9-12-3-2-4-14(17-12)15(19)20/h2-8H,9H2,1H3,(H,16,18)(H,19,20). The molecule has 0 aliphatic carbocycles. The number of carbonyl (C=O) groups excluding carboxylic acids is 1. The second-order valence-corrected chi connectivity index (χ2v) is 4.31. The number of nitrogens with zero attached hydrogens (tertiary/aromatic N) is 1. The van der Waals surface area contributed by atoms with Crippen LogP contribution in [0.2, 0.25) is 0 Å². The van der Waals surface area contributed by atoms with Crippen molar-refractivity contribution in [2.75, 3.05) is 5.32 Å². The van der Waals surface area contributed by atoms with E-state index in [0.717, 1.165) is 0 Å². The lowest BCUT2D eigenvalue weighted by atomic mass is 10.3. The van der Waals surface area contributed by atoms with Crippen LogP contribution in [0.15, 0.2) is 42.5 Å². The number of pyridine rings is 1. The van der Waals surface area contributed by atoms with E-state index in [-0.39, 0.29) is 18.2 Å². The Hall–Kier alpha value is -2.89. The molecule has 0 saturated heterocycles. The van der Waals surface area contributed by atoms with Gasteiger partial charge >= 0.3 is 5.97 Å². The van der Waals surface area contributed by atoms with Gasteiger partial charge in [-0.2, -0.15) is 0 Å². The summed E-state index contributed by atoms with van der Waals surface area (Å²) in [4.78, 5) is 25.7. The Morgan fingerprint density at radius 3 is 2.52 bits per heavy atom. The molecule has 0 spiro atoms. The molecular weight excluding hydrogens is 272 g/mol. The molecule has 0 bridgehead atoms. The maximum atomic E-state index is 10.9. The number of benzene rings is 1. The zero-order chi connectivity index (χ0) is 15.2. The van der Waals surface area contributed by atoms with E-state index in [4.69, 9.17) is 9.84 Å². The minimum absolute atomic E-state index is 0.0166. The number of anilines is 1. The average Bonchev–Trinajstić information content (AvgIpc) is 2.46. The van der Waals surface area contributed by atoms with Crippen molar-refractivity contribution in [2.45, 2.75) is 13.5 Å². The number of hydrogen-bond donors (Lipinski definition) is 2. The highest BCUT2D eigenvalue weighted by molar-refractivity contribution is 5.88. The fourth-order valence-electron chi connectivity index (χ4n) is 1.67. The van der Waals surface area contributed by atoms with Crippen molar-refractivity contribution >= 4 is 17.6 Å². The van der Waals surface area contributed by atoms with Crippen molar-refractivity contribution < 1.29 is 19.4 Å². The van der Waals surface area contributed by atoms with Gasteiger partial charge in [-0.05, 0) is 36.4 Å². The number of aromatic nitrogens is 1. The van der Waals surface area contributed by atoms with Gasteiger partial charge in [-0.25, -0.2) is 9.78 Å². The topological polar surface area (TPSA) is 88.5 Å². The van der Waals surface area contributed by atoms with Gasteiger partial charge in [-0.3, -0.25) is 4.79 Å². The molecule has 1 amide bonds. The highest BCUT2D eigenvalue weighted by atomic mass is 16.5. The van der Waals surface area contributed by atoms with Gasteiger partial charge in [0.15, 0.2) is 0 Å². The Kier molecular flexibility index (Phi) is 4.50. The van der Waals surface area contributed by atoms with Gasteiger partial charge in [0.1, 0.15) is 18.1 Å². The second kappa shape index (κ2) is 6.51. The van der Waals surface area contributed by atoms with E-state index in [1.54, 1.807) is 36.4 Å². The highest BCUT2D eigenvalue weighted by Gasteiger charge is 2.05. The molecule has 0 unspecified atom stereocenters. The van der Waals surface area contributed by atoms with Gasteiger partial charge in [-0.1, -0.05) is 6.07 Å². The van der Waals surface area contributed by atoms with Gasteiger partial charge in [0.05, 0.1) is 5.69 Å². The molecule has 1 aromatic carbocycles. The van der Waals surface area contributed by atoms with E-state index in [2.05, 4.69) is 10.3 Å². The zero-order valence-electron chi connectivity index (χ0n) is 11.4. The van der Waals surface area contributed by atoms with Crippen molar-refractivity contribution in [3.05, 3.63) is 53.9 Å². The predicted molar refractivity (Wildman–Crippen MR) is 76.3 cm³/mol. The molecule has 0 fully saturated rings. The van der Waals surface area contributed by atoms with Gasteiger partial charge < -0.3 is 15.2 Å².